The topological polar surface area (TPSA) is 46.2 Å². The minimum Gasteiger partial charge on any atom is -0.212 e. The van der Waals surface area contributed by atoms with Crippen molar-refractivity contribution in [2.75, 3.05) is 5.75 Å². The number of hydrogen-bond donors (Lipinski definition) is 1. The predicted molar refractivity (Wildman–Crippen MR) is 115 cm³/mol. The van der Waals surface area contributed by atoms with Crippen LogP contribution in [0.2, 0.25) is 0 Å². The van der Waals surface area contributed by atoms with Gasteiger partial charge in [-0.15, -0.1) is 0 Å². The van der Waals surface area contributed by atoms with E-state index in [9.17, 15) is 12.8 Å². The number of nitrogens with one attached hydrogen (secondary N) is 1. The summed E-state index contributed by atoms with van der Waals surface area (Å²) >= 11 is 0. The first-order valence-electron chi connectivity index (χ1n) is 10.8. The molecule has 2 aromatic rings. The first kappa shape index (κ1) is 20.5. The van der Waals surface area contributed by atoms with Crippen LogP contribution in [-0.2, 0) is 29.4 Å². The summed E-state index contributed by atoms with van der Waals surface area (Å²) in [5.41, 5.74) is 4.04. The van der Waals surface area contributed by atoms with Gasteiger partial charge in [0.2, 0.25) is 10.0 Å². The largest absolute Gasteiger partial charge is 0.212 e. The van der Waals surface area contributed by atoms with E-state index in [1.807, 2.05) is 12.1 Å². The second-order valence-electron chi connectivity index (χ2n) is 8.74. The van der Waals surface area contributed by atoms with Gasteiger partial charge in [0, 0.05) is 12.1 Å². The highest BCUT2D eigenvalue weighted by molar-refractivity contribution is 7.89. The molecule has 1 saturated carbocycles. The van der Waals surface area contributed by atoms with E-state index in [1.54, 1.807) is 6.07 Å². The molecule has 3 nitrogen and oxygen atoms in total. The van der Waals surface area contributed by atoms with Crippen molar-refractivity contribution in [3.63, 3.8) is 0 Å². The van der Waals surface area contributed by atoms with Gasteiger partial charge in [-0.1, -0.05) is 49.7 Å². The molecule has 156 valence electrons. The summed E-state index contributed by atoms with van der Waals surface area (Å²) in [6.07, 6.45) is 6.04. The van der Waals surface area contributed by atoms with Gasteiger partial charge in [-0.2, -0.15) is 0 Å². The molecule has 2 aliphatic carbocycles. The molecule has 2 unspecified atom stereocenters. The van der Waals surface area contributed by atoms with Crippen LogP contribution in [0.5, 0.6) is 0 Å². The molecule has 1 fully saturated rings. The maximum atomic E-state index is 14.7. The summed E-state index contributed by atoms with van der Waals surface area (Å²) in [4.78, 5) is 0. The minimum atomic E-state index is -3.35. The van der Waals surface area contributed by atoms with E-state index in [2.05, 4.69) is 35.9 Å². The van der Waals surface area contributed by atoms with Gasteiger partial charge in [0.25, 0.3) is 0 Å². The fourth-order valence-electron chi connectivity index (χ4n) is 4.67. The van der Waals surface area contributed by atoms with E-state index in [-0.39, 0.29) is 24.0 Å². The van der Waals surface area contributed by atoms with E-state index in [0.717, 1.165) is 44.1 Å². The number of rotatable bonds is 9. The smallest absolute Gasteiger partial charge is 0.212 e. The average molecular weight is 416 g/mol. The molecule has 4 rings (SSSR count). The third kappa shape index (κ3) is 5.07. The van der Waals surface area contributed by atoms with E-state index in [4.69, 9.17) is 0 Å². The SMILES string of the molecule is CCCC1Cc2cc(F)c(CNS(=O)(=O)CC3CC3)cc2C1Cc1ccccc1. The summed E-state index contributed by atoms with van der Waals surface area (Å²) < 4.78 is 41.8. The van der Waals surface area contributed by atoms with Crippen molar-refractivity contribution in [2.24, 2.45) is 11.8 Å². The van der Waals surface area contributed by atoms with E-state index < -0.39 is 10.0 Å². The molecule has 0 aliphatic heterocycles. The van der Waals surface area contributed by atoms with Crippen LogP contribution >= 0.6 is 0 Å². The van der Waals surface area contributed by atoms with E-state index in [1.165, 1.54) is 11.1 Å². The Morgan fingerprint density at radius 3 is 2.59 bits per heavy atom. The molecule has 1 N–H and O–H groups in total. The second kappa shape index (κ2) is 8.57. The van der Waals surface area contributed by atoms with Crippen molar-refractivity contribution in [3.05, 3.63) is 70.5 Å². The molecule has 5 heteroatoms. The van der Waals surface area contributed by atoms with Gasteiger partial charge < -0.3 is 0 Å². The first-order valence-corrected chi connectivity index (χ1v) is 12.4. The molecule has 2 aliphatic rings. The molecule has 2 atom stereocenters. The second-order valence-corrected chi connectivity index (χ2v) is 10.6. The lowest BCUT2D eigenvalue weighted by molar-refractivity contribution is 0.418. The van der Waals surface area contributed by atoms with Crippen molar-refractivity contribution < 1.29 is 12.8 Å². The maximum absolute atomic E-state index is 14.7. The number of fused-ring (bicyclic) bond motifs is 1. The summed E-state index contributed by atoms with van der Waals surface area (Å²) in [6, 6.07) is 14.0. The Labute approximate surface area is 173 Å². The van der Waals surface area contributed by atoms with Gasteiger partial charge in [-0.05, 0) is 72.6 Å². The Morgan fingerprint density at radius 1 is 1.14 bits per heavy atom. The lowest BCUT2D eigenvalue weighted by atomic mass is 9.84. The van der Waals surface area contributed by atoms with Gasteiger partial charge in [0.15, 0.2) is 0 Å². The van der Waals surface area contributed by atoms with Crippen LogP contribution in [0.25, 0.3) is 0 Å². The van der Waals surface area contributed by atoms with E-state index >= 15 is 0 Å². The van der Waals surface area contributed by atoms with Crippen LogP contribution in [0.3, 0.4) is 0 Å². The van der Waals surface area contributed by atoms with Crippen molar-refractivity contribution >= 4 is 10.0 Å². The fourth-order valence-corrected chi connectivity index (χ4v) is 6.12. The molecule has 0 spiro atoms. The fraction of sp³-hybridized carbons (Fsp3) is 0.500. The zero-order valence-electron chi connectivity index (χ0n) is 17.0. The van der Waals surface area contributed by atoms with E-state index in [0.29, 0.717) is 17.4 Å². The van der Waals surface area contributed by atoms with Crippen molar-refractivity contribution in [3.8, 4) is 0 Å². The third-order valence-corrected chi connectivity index (χ3v) is 7.85. The number of halogens is 1. The monoisotopic (exact) mass is 415 g/mol. The predicted octanol–water partition coefficient (Wildman–Crippen LogP) is 4.95. The Balaban J connectivity index is 1.56. The molecule has 2 aromatic carbocycles. The standard InChI is InChI=1S/C24H30FNO2S/c1-2-6-19-12-20-14-24(25)21(15-26-29(27,28)16-18-9-10-18)13-23(20)22(19)11-17-7-4-3-5-8-17/h3-5,7-8,13-14,18-19,22,26H,2,6,9-12,15-16H2,1H3. The molecule has 0 bridgehead atoms. The Morgan fingerprint density at radius 2 is 1.90 bits per heavy atom. The Hall–Kier alpha value is -1.72. The lowest BCUT2D eigenvalue weighted by Crippen LogP contribution is -2.27. The summed E-state index contributed by atoms with van der Waals surface area (Å²) in [7, 11) is -3.35. The van der Waals surface area contributed by atoms with Gasteiger partial charge in [-0.25, -0.2) is 17.5 Å². The van der Waals surface area contributed by atoms with Crippen LogP contribution in [0.4, 0.5) is 4.39 Å². The van der Waals surface area contributed by atoms with Crippen LogP contribution in [0.15, 0.2) is 42.5 Å². The molecular weight excluding hydrogens is 385 g/mol. The maximum Gasteiger partial charge on any atom is 0.212 e. The summed E-state index contributed by atoms with van der Waals surface area (Å²) in [5, 5.41) is 0. The highest BCUT2D eigenvalue weighted by Gasteiger charge is 2.33. The van der Waals surface area contributed by atoms with Gasteiger partial charge in [0.1, 0.15) is 5.82 Å². The molecule has 0 saturated heterocycles. The lowest BCUT2D eigenvalue weighted by Gasteiger charge is -2.21. The first-order chi connectivity index (χ1) is 13.9. The normalized spacial score (nSPS) is 21.3. The highest BCUT2D eigenvalue weighted by Crippen LogP contribution is 2.43. The molecular formula is C24H30FNO2S. The van der Waals surface area contributed by atoms with Crippen LogP contribution in [0, 0.1) is 17.7 Å². The molecule has 0 heterocycles. The zero-order valence-corrected chi connectivity index (χ0v) is 17.8. The minimum absolute atomic E-state index is 0.0324. The van der Waals surface area contributed by atoms with Crippen LogP contribution in [-0.4, -0.2) is 14.2 Å². The van der Waals surface area contributed by atoms with Gasteiger partial charge in [0.05, 0.1) is 5.75 Å². The summed E-state index contributed by atoms with van der Waals surface area (Å²) in [5.74, 6) is 1.01. The Kier molecular flexibility index (Phi) is 6.07. The van der Waals surface area contributed by atoms with Crippen molar-refractivity contribution in [1.29, 1.82) is 0 Å². The molecule has 29 heavy (non-hydrogen) atoms. The Bertz CT molecular complexity index is 954. The van der Waals surface area contributed by atoms with Crippen molar-refractivity contribution in [1.82, 2.24) is 4.72 Å². The van der Waals surface area contributed by atoms with Crippen molar-refractivity contribution in [2.45, 2.75) is 57.9 Å². The molecule has 0 amide bonds. The van der Waals surface area contributed by atoms with Crippen LogP contribution in [0.1, 0.15) is 60.8 Å². The molecule has 0 aromatic heterocycles. The average Bonchev–Trinajstić information content (AvgIpc) is 3.43. The highest BCUT2D eigenvalue weighted by atomic mass is 32.2. The zero-order chi connectivity index (χ0) is 20.4. The number of benzene rings is 2. The molecule has 0 radical (unpaired) electrons. The summed E-state index contributed by atoms with van der Waals surface area (Å²) in [6.45, 7) is 2.23. The third-order valence-electron chi connectivity index (χ3n) is 6.35. The quantitative estimate of drug-likeness (QED) is 0.630. The van der Waals surface area contributed by atoms with Crippen LogP contribution < -0.4 is 4.72 Å². The number of sulfonamides is 1. The van der Waals surface area contributed by atoms with Gasteiger partial charge in [-0.3, -0.25) is 0 Å². The van der Waals surface area contributed by atoms with Gasteiger partial charge >= 0.3 is 0 Å². The number of hydrogen-bond acceptors (Lipinski definition) is 2.